The number of ether oxygens (including phenoxy) is 1. The van der Waals surface area contributed by atoms with Crippen molar-refractivity contribution in [2.75, 3.05) is 52.5 Å². The lowest BCUT2D eigenvalue weighted by Crippen LogP contribution is -2.39. The highest BCUT2D eigenvalue weighted by molar-refractivity contribution is 5.06. The number of nitrogens with zero attached hydrogens (tertiary/aromatic N) is 2. The van der Waals surface area contributed by atoms with Gasteiger partial charge in [-0.3, -0.25) is 9.80 Å². The predicted octanol–water partition coefficient (Wildman–Crippen LogP) is 1.36. The Balaban J connectivity index is 1.75. The van der Waals surface area contributed by atoms with E-state index in [0.29, 0.717) is 0 Å². The lowest BCUT2D eigenvalue weighted by atomic mass is 10.2. The number of rotatable bonds is 4. The molecule has 16 heavy (non-hydrogen) atoms. The van der Waals surface area contributed by atoms with Crippen LogP contribution < -0.4 is 0 Å². The van der Waals surface area contributed by atoms with Gasteiger partial charge in [0.1, 0.15) is 0 Å². The highest BCUT2D eigenvalue weighted by Gasteiger charge is 2.16. The van der Waals surface area contributed by atoms with Crippen molar-refractivity contribution in [2.24, 2.45) is 0 Å². The molecule has 2 fully saturated rings. The second-order valence-corrected chi connectivity index (χ2v) is 4.82. The SMILES string of the molecule is C/C=C(/CN1CCCC1)CN1CCOCC1. The molecule has 0 atom stereocenters. The molecule has 3 heteroatoms. The van der Waals surface area contributed by atoms with Crippen LogP contribution in [0.25, 0.3) is 0 Å². The van der Waals surface area contributed by atoms with Gasteiger partial charge in [-0.1, -0.05) is 6.08 Å². The van der Waals surface area contributed by atoms with E-state index in [1.165, 1.54) is 32.5 Å². The van der Waals surface area contributed by atoms with E-state index in [2.05, 4.69) is 22.8 Å². The monoisotopic (exact) mass is 224 g/mol. The normalized spacial score (nSPS) is 25.2. The Morgan fingerprint density at radius 2 is 1.56 bits per heavy atom. The molecule has 2 rings (SSSR count). The zero-order valence-electron chi connectivity index (χ0n) is 10.5. The summed E-state index contributed by atoms with van der Waals surface area (Å²) in [6, 6.07) is 0. The molecule has 0 N–H and O–H groups in total. The van der Waals surface area contributed by atoms with Crippen LogP contribution in [0.2, 0.25) is 0 Å². The van der Waals surface area contributed by atoms with Gasteiger partial charge in [-0.2, -0.15) is 0 Å². The van der Waals surface area contributed by atoms with Crippen LogP contribution in [0.3, 0.4) is 0 Å². The average molecular weight is 224 g/mol. The Bertz CT molecular complexity index is 228. The van der Waals surface area contributed by atoms with Crippen LogP contribution in [0.1, 0.15) is 19.8 Å². The van der Waals surface area contributed by atoms with Crippen molar-refractivity contribution in [3.8, 4) is 0 Å². The van der Waals surface area contributed by atoms with Crippen LogP contribution in [-0.4, -0.2) is 62.3 Å². The van der Waals surface area contributed by atoms with E-state index >= 15 is 0 Å². The number of allylic oxidation sites excluding steroid dienone is 1. The molecule has 2 saturated heterocycles. The Kier molecular flexibility index (Phi) is 4.82. The molecular weight excluding hydrogens is 200 g/mol. The van der Waals surface area contributed by atoms with Gasteiger partial charge in [0.15, 0.2) is 0 Å². The summed E-state index contributed by atoms with van der Waals surface area (Å²) in [5.41, 5.74) is 1.57. The number of hydrogen-bond acceptors (Lipinski definition) is 3. The van der Waals surface area contributed by atoms with Gasteiger partial charge in [0.2, 0.25) is 0 Å². The molecule has 0 unspecified atom stereocenters. The van der Waals surface area contributed by atoms with Crippen LogP contribution in [0, 0.1) is 0 Å². The second kappa shape index (κ2) is 6.38. The van der Waals surface area contributed by atoms with Crippen molar-refractivity contribution in [1.82, 2.24) is 9.80 Å². The van der Waals surface area contributed by atoms with Crippen molar-refractivity contribution in [1.29, 1.82) is 0 Å². The van der Waals surface area contributed by atoms with Crippen molar-refractivity contribution in [2.45, 2.75) is 19.8 Å². The van der Waals surface area contributed by atoms with Crippen LogP contribution in [0.4, 0.5) is 0 Å². The second-order valence-electron chi connectivity index (χ2n) is 4.82. The smallest absolute Gasteiger partial charge is 0.0594 e. The third kappa shape index (κ3) is 3.58. The molecule has 0 spiro atoms. The first-order valence-corrected chi connectivity index (χ1v) is 6.55. The summed E-state index contributed by atoms with van der Waals surface area (Å²) in [6.07, 6.45) is 5.07. The van der Waals surface area contributed by atoms with Gasteiger partial charge in [-0.15, -0.1) is 0 Å². The quantitative estimate of drug-likeness (QED) is 0.671. The molecule has 2 aliphatic rings. The van der Waals surface area contributed by atoms with Gasteiger partial charge in [0.25, 0.3) is 0 Å². The highest BCUT2D eigenvalue weighted by Crippen LogP contribution is 2.11. The summed E-state index contributed by atoms with van der Waals surface area (Å²) in [5.74, 6) is 0. The van der Waals surface area contributed by atoms with E-state index in [1.54, 1.807) is 5.57 Å². The predicted molar refractivity (Wildman–Crippen MR) is 66.7 cm³/mol. The van der Waals surface area contributed by atoms with Crippen LogP contribution in [0.15, 0.2) is 11.6 Å². The summed E-state index contributed by atoms with van der Waals surface area (Å²) < 4.78 is 5.38. The standard InChI is InChI=1S/C13H24N2O/c1-2-13(11-14-5-3-4-6-14)12-15-7-9-16-10-8-15/h2H,3-12H2,1H3/b13-2-. The van der Waals surface area contributed by atoms with Crippen LogP contribution in [-0.2, 0) is 4.74 Å². The van der Waals surface area contributed by atoms with Gasteiger partial charge in [0.05, 0.1) is 13.2 Å². The first kappa shape index (κ1) is 12.1. The van der Waals surface area contributed by atoms with Crippen molar-refractivity contribution >= 4 is 0 Å². The van der Waals surface area contributed by atoms with E-state index in [-0.39, 0.29) is 0 Å². The molecule has 0 amide bonds. The molecule has 2 aliphatic heterocycles. The Hall–Kier alpha value is -0.380. The first-order chi connectivity index (χ1) is 7.88. The van der Waals surface area contributed by atoms with Gasteiger partial charge in [0, 0.05) is 26.2 Å². The molecule has 0 aromatic carbocycles. The maximum absolute atomic E-state index is 5.38. The fourth-order valence-corrected chi connectivity index (χ4v) is 2.51. The zero-order valence-corrected chi connectivity index (χ0v) is 10.5. The Labute approximate surface area is 99.1 Å². The molecule has 0 saturated carbocycles. The third-order valence-electron chi connectivity index (χ3n) is 3.56. The lowest BCUT2D eigenvalue weighted by Gasteiger charge is -2.28. The number of likely N-dealkylation sites (tertiary alicyclic amines) is 1. The highest BCUT2D eigenvalue weighted by atomic mass is 16.5. The lowest BCUT2D eigenvalue weighted by molar-refractivity contribution is 0.0416. The van der Waals surface area contributed by atoms with Crippen molar-refractivity contribution in [3.63, 3.8) is 0 Å². The molecule has 92 valence electrons. The molecular formula is C13H24N2O. The van der Waals surface area contributed by atoms with Gasteiger partial charge in [-0.05, 0) is 38.4 Å². The summed E-state index contributed by atoms with van der Waals surface area (Å²) in [5, 5.41) is 0. The van der Waals surface area contributed by atoms with Gasteiger partial charge >= 0.3 is 0 Å². The van der Waals surface area contributed by atoms with Crippen LogP contribution >= 0.6 is 0 Å². The molecule has 2 heterocycles. The molecule has 0 aliphatic carbocycles. The number of hydrogen-bond donors (Lipinski definition) is 0. The summed E-state index contributed by atoms with van der Waals surface area (Å²) >= 11 is 0. The van der Waals surface area contributed by atoms with Crippen molar-refractivity contribution < 1.29 is 4.74 Å². The fourth-order valence-electron chi connectivity index (χ4n) is 2.51. The first-order valence-electron chi connectivity index (χ1n) is 6.55. The van der Waals surface area contributed by atoms with Crippen LogP contribution in [0.5, 0.6) is 0 Å². The van der Waals surface area contributed by atoms with E-state index < -0.39 is 0 Å². The van der Waals surface area contributed by atoms with E-state index in [9.17, 15) is 0 Å². The summed E-state index contributed by atoms with van der Waals surface area (Å²) in [4.78, 5) is 5.09. The summed E-state index contributed by atoms with van der Waals surface area (Å²) in [6.45, 7) is 11.1. The molecule has 0 radical (unpaired) electrons. The molecule has 0 aromatic heterocycles. The zero-order chi connectivity index (χ0) is 11.2. The van der Waals surface area contributed by atoms with Crippen molar-refractivity contribution in [3.05, 3.63) is 11.6 Å². The summed E-state index contributed by atoms with van der Waals surface area (Å²) in [7, 11) is 0. The minimum Gasteiger partial charge on any atom is -0.379 e. The van der Waals surface area contributed by atoms with Gasteiger partial charge < -0.3 is 4.74 Å². The minimum atomic E-state index is 0.903. The topological polar surface area (TPSA) is 15.7 Å². The van der Waals surface area contributed by atoms with E-state index in [1.807, 2.05) is 0 Å². The Morgan fingerprint density at radius 1 is 1.00 bits per heavy atom. The Morgan fingerprint density at radius 3 is 2.12 bits per heavy atom. The fraction of sp³-hybridized carbons (Fsp3) is 0.846. The maximum Gasteiger partial charge on any atom is 0.0594 e. The maximum atomic E-state index is 5.38. The minimum absolute atomic E-state index is 0.903. The van der Waals surface area contributed by atoms with E-state index in [0.717, 1.165) is 32.8 Å². The van der Waals surface area contributed by atoms with E-state index in [4.69, 9.17) is 4.74 Å². The molecule has 0 aromatic rings. The number of morpholine rings is 1. The van der Waals surface area contributed by atoms with Gasteiger partial charge in [-0.25, -0.2) is 0 Å². The average Bonchev–Trinajstić information content (AvgIpc) is 2.82. The third-order valence-corrected chi connectivity index (χ3v) is 3.56. The molecule has 0 bridgehead atoms. The molecule has 3 nitrogen and oxygen atoms in total. The largest absolute Gasteiger partial charge is 0.379 e.